The predicted molar refractivity (Wildman–Crippen MR) is 72.8 cm³/mol. The Morgan fingerprint density at radius 1 is 1.05 bits per heavy atom. The maximum atomic E-state index is 14.0. The van der Waals surface area contributed by atoms with Gasteiger partial charge in [-0.1, -0.05) is 6.07 Å². The van der Waals surface area contributed by atoms with Crippen LogP contribution in [0.4, 0.5) is 4.39 Å². The zero-order valence-electron chi connectivity index (χ0n) is 11.0. The molecule has 1 aliphatic heterocycles. The number of halogens is 1. The van der Waals surface area contributed by atoms with Crippen LogP contribution in [-0.4, -0.2) is 19.0 Å². The number of ketones is 1. The molecule has 1 aliphatic rings. The van der Waals surface area contributed by atoms with E-state index in [2.05, 4.69) is 0 Å². The summed E-state index contributed by atoms with van der Waals surface area (Å²) in [7, 11) is 0. The van der Waals surface area contributed by atoms with E-state index in [-0.39, 0.29) is 11.6 Å². The number of Topliss-reactive ketones (excluding diaryl/α,β-unsaturated/α-hetero) is 1. The summed E-state index contributed by atoms with van der Waals surface area (Å²) in [6.45, 7) is 2.45. The first-order chi connectivity index (χ1) is 9.65. The van der Waals surface area contributed by atoms with E-state index < -0.39 is 0 Å². The number of benzene rings is 2. The van der Waals surface area contributed by atoms with Crippen molar-refractivity contribution in [3.05, 3.63) is 47.8 Å². The van der Waals surface area contributed by atoms with Crippen LogP contribution in [0, 0.1) is 5.82 Å². The molecule has 3 rings (SSSR count). The highest BCUT2D eigenvalue weighted by Gasteiger charge is 2.15. The molecule has 3 nitrogen and oxygen atoms in total. The summed E-state index contributed by atoms with van der Waals surface area (Å²) in [5.41, 5.74) is 1.53. The summed E-state index contributed by atoms with van der Waals surface area (Å²) in [6.07, 6.45) is 0. The van der Waals surface area contributed by atoms with Gasteiger partial charge in [-0.2, -0.15) is 0 Å². The number of rotatable bonds is 2. The molecule has 0 N–H and O–H groups in total. The Morgan fingerprint density at radius 2 is 1.80 bits per heavy atom. The largest absolute Gasteiger partial charge is 0.486 e. The number of ether oxygens (including phenoxy) is 2. The second-order valence-corrected chi connectivity index (χ2v) is 4.61. The standard InChI is InChI=1S/C16H13FO3/c1-10(18)11-2-4-14(17)13(8-11)12-3-5-15-16(9-12)20-7-6-19-15/h2-5,8-9H,6-7H2,1H3. The van der Waals surface area contributed by atoms with Crippen molar-refractivity contribution in [1.29, 1.82) is 0 Å². The second-order valence-electron chi connectivity index (χ2n) is 4.61. The number of hydrogen-bond donors (Lipinski definition) is 0. The summed E-state index contributed by atoms with van der Waals surface area (Å²) >= 11 is 0. The van der Waals surface area contributed by atoms with Crippen molar-refractivity contribution in [3.8, 4) is 22.6 Å². The highest BCUT2D eigenvalue weighted by atomic mass is 19.1. The lowest BCUT2D eigenvalue weighted by Crippen LogP contribution is -2.15. The van der Waals surface area contributed by atoms with Crippen molar-refractivity contribution in [2.24, 2.45) is 0 Å². The third-order valence-corrected chi connectivity index (χ3v) is 3.23. The third-order valence-electron chi connectivity index (χ3n) is 3.23. The molecular weight excluding hydrogens is 259 g/mol. The summed E-state index contributed by atoms with van der Waals surface area (Å²) in [6, 6.07) is 9.60. The molecule has 2 aromatic carbocycles. The Hall–Kier alpha value is -2.36. The van der Waals surface area contributed by atoms with Crippen molar-refractivity contribution in [2.75, 3.05) is 13.2 Å². The highest BCUT2D eigenvalue weighted by molar-refractivity contribution is 5.95. The van der Waals surface area contributed by atoms with E-state index in [0.717, 1.165) is 0 Å². The molecule has 0 radical (unpaired) electrons. The third kappa shape index (κ3) is 2.25. The van der Waals surface area contributed by atoms with E-state index in [9.17, 15) is 9.18 Å². The second kappa shape index (κ2) is 4.96. The lowest BCUT2D eigenvalue weighted by atomic mass is 10.0. The van der Waals surface area contributed by atoms with Gasteiger partial charge in [0.1, 0.15) is 19.0 Å². The Balaban J connectivity index is 2.08. The van der Waals surface area contributed by atoms with E-state index in [1.54, 1.807) is 24.3 Å². The number of fused-ring (bicyclic) bond motifs is 1. The van der Waals surface area contributed by atoms with Crippen molar-refractivity contribution in [3.63, 3.8) is 0 Å². The zero-order chi connectivity index (χ0) is 14.1. The Morgan fingerprint density at radius 3 is 2.55 bits per heavy atom. The first kappa shape index (κ1) is 12.7. The minimum atomic E-state index is -0.369. The first-order valence-corrected chi connectivity index (χ1v) is 6.35. The molecule has 0 amide bonds. The van der Waals surface area contributed by atoms with Crippen LogP contribution in [0.5, 0.6) is 11.5 Å². The van der Waals surface area contributed by atoms with Gasteiger partial charge in [0.15, 0.2) is 17.3 Å². The van der Waals surface area contributed by atoms with E-state index >= 15 is 0 Å². The Bertz CT molecular complexity index is 679. The molecule has 102 valence electrons. The fourth-order valence-electron chi connectivity index (χ4n) is 2.18. The van der Waals surface area contributed by atoms with Gasteiger partial charge in [0.2, 0.25) is 0 Å². The van der Waals surface area contributed by atoms with Crippen molar-refractivity contribution < 1.29 is 18.7 Å². The van der Waals surface area contributed by atoms with Crippen molar-refractivity contribution in [1.82, 2.24) is 0 Å². The minimum absolute atomic E-state index is 0.0937. The molecule has 1 heterocycles. The fraction of sp³-hybridized carbons (Fsp3) is 0.188. The van der Waals surface area contributed by atoms with Gasteiger partial charge < -0.3 is 9.47 Å². The molecule has 0 fully saturated rings. The van der Waals surface area contributed by atoms with Crippen LogP contribution in [0.15, 0.2) is 36.4 Å². The van der Waals surface area contributed by atoms with Gasteiger partial charge in [-0.3, -0.25) is 4.79 Å². The van der Waals surface area contributed by atoms with Gasteiger partial charge >= 0.3 is 0 Å². The van der Waals surface area contributed by atoms with Crippen LogP contribution in [-0.2, 0) is 0 Å². The van der Waals surface area contributed by atoms with E-state index in [4.69, 9.17) is 9.47 Å². The molecule has 0 atom stereocenters. The molecule has 4 heteroatoms. The number of hydrogen-bond acceptors (Lipinski definition) is 3. The van der Waals surface area contributed by atoms with Gasteiger partial charge in [-0.15, -0.1) is 0 Å². The van der Waals surface area contributed by atoms with Gasteiger partial charge in [0.25, 0.3) is 0 Å². The topological polar surface area (TPSA) is 35.5 Å². The molecule has 0 unspecified atom stereocenters. The van der Waals surface area contributed by atoms with Crippen LogP contribution in [0.3, 0.4) is 0 Å². The Kier molecular flexibility index (Phi) is 3.14. The highest BCUT2D eigenvalue weighted by Crippen LogP contribution is 2.35. The van der Waals surface area contributed by atoms with Crippen LogP contribution < -0.4 is 9.47 Å². The molecule has 0 saturated heterocycles. The minimum Gasteiger partial charge on any atom is -0.486 e. The van der Waals surface area contributed by atoms with Gasteiger partial charge in [0, 0.05) is 11.1 Å². The van der Waals surface area contributed by atoms with E-state index in [1.807, 2.05) is 0 Å². The predicted octanol–water partition coefficient (Wildman–Crippen LogP) is 3.47. The van der Waals surface area contributed by atoms with Crippen LogP contribution >= 0.6 is 0 Å². The van der Waals surface area contributed by atoms with Crippen LogP contribution in [0.1, 0.15) is 17.3 Å². The molecule has 0 bridgehead atoms. The lowest BCUT2D eigenvalue weighted by Gasteiger charge is -2.19. The average molecular weight is 272 g/mol. The van der Waals surface area contributed by atoms with E-state index in [0.29, 0.717) is 41.4 Å². The van der Waals surface area contributed by atoms with Crippen molar-refractivity contribution >= 4 is 5.78 Å². The molecule has 2 aromatic rings. The van der Waals surface area contributed by atoms with Crippen LogP contribution in [0.2, 0.25) is 0 Å². The quantitative estimate of drug-likeness (QED) is 0.785. The van der Waals surface area contributed by atoms with Crippen molar-refractivity contribution in [2.45, 2.75) is 6.92 Å². The molecule has 0 spiro atoms. The molecule has 20 heavy (non-hydrogen) atoms. The summed E-state index contributed by atoms with van der Waals surface area (Å²) in [4.78, 5) is 11.4. The molecule has 0 saturated carbocycles. The monoisotopic (exact) mass is 272 g/mol. The van der Waals surface area contributed by atoms with Gasteiger partial charge in [-0.05, 0) is 42.8 Å². The first-order valence-electron chi connectivity index (χ1n) is 6.35. The fourth-order valence-corrected chi connectivity index (χ4v) is 2.18. The van der Waals surface area contributed by atoms with E-state index in [1.165, 1.54) is 19.1 Å². The molecule has 0 aromatic heterocycles. The Labute approximate surface area is 115 Å². The van der Waals surface area contributed by atoms with Crippen LogP contribution in [0.25, 0.3) is 11.1 Å². The molecule has 0 aliphatic carbocycles. The molecular formula is C16H13FO3. The average Bonchev–Trinajstić information content (AvgIpc) is 2.47. The number of carbonyl (C=O) groups excluding carboxylic acids is 1. The maximum absolute atomic E-state index is 14.0. The summed E-state index contributed by atoms with van der Waals surface area (Å²) < 4.78 is 24.9. The normalized spacial score (nSPS) is 13.1. The zero-order valence-corrected chi connectivity index (χ0v) is 11.0. The SMILES string of the molecule is CC(=O)c1ccc(F)c(-c2ccc3c(c2)OCCO3)c1. The van der Waals surface area contributed by atoms with Gasteiger partial charge in [-0.25, -0.2) is 4.39 Å². The smallest absolute Gasteiger partial charge is 0.161 e. The lowest BCUT2D eigenvalue weighted by molar-refractivity contribution is 0.101. The van der Waals surface area contributed by atoms with Gasteiger partial charge in [0.05, 0.1) is 0 Å². The summed E-state index contributed by atoms with van der Waals surface area (Å²) in [5.74, 6) is 0.792. The number of carbonyl (C=O) groups is 1. The maximum Gasteiger partial charge on any atom is 0.161 e. The summed E-state index contributed by atoms with van der Waals surface area (Å²) in [5, 5.41) is 0.